The number of benzene rings is 2. The van der Waals surface area contributed by atoms with Crippen molar-refractivity contribution < 1.29 is 8.78 Å². The molecule has 9 nitrogen and oxygen atoms in total. The van der Waals surface area contributed by atoms with E-state index in [1.165, 1.54) is 15.8 Å². The Kier molecular flexibility index (Phi) is 8.44. The lowest BCUT2D eigenvalue weighted by molar-refractivity contribution is 0.139. The van der Waals surface area contributed by atoms with Gasteiger partial charge >= 0.3 is 0 Å². The molecule has 1 aliphatic heterocycles. The van der Waals surface area contributed by atoms with Crippen LogP contribution in [0.4, 0.5) is 20.2 Å². The van der Waals surface area contributed by atoms with Crippen LogP contribution < -0.4 is 27.2 Å². The minimum absolute atomic E-state index is 0.0605. The summed E-state index contributed by atoms with van der Waals surface area (Å²) >= 11 is 6.75. The van der Waals surface area contributed by atoms with Crippen molar-refractivity contribution in [3.63, 3.8) is 0 Å². The van der Waals surface area contributed by atoms with E-state index < -0.39 is 25.4 Å². The molecule has 0 saturated carbocycles. The van der Waals surface area contributed by atoms with Gasteiger partial charge in [-0.25, -0.2) is 8.78 Å². The maximum atomic E-state index is 13.5. The number of hydrazine groups is 2. The van der Waals surface area contributed by atoms with Crippen molar-refractivity contribution in [3.05, 3.63) is 87.2 Å². The Balaban J connectivity index is 1.66. The summed E-state index contributed by atoms with van der Waals surface area (Å²) in [6.07, 6.45) is 4.81. The Bertz CT molecular complexity index is 1810. The summed E-state index contributed by atoms with van der Waals surface area (Å²) in [5, 5.41) is 20.4. The fourth-order valence-electron chi connectivity index (χ4n) is 4.99. The predicted octanol–water partition coefficient (Wildman–Crippen LogP) is 5.70. The van der Waals surface area contributed by atoms with Crippen molar-refractivity contribution >= 4 is 44.7 Å². The largest absolute Gasteiger partial charge is 0.383 e. The summed E-state index contributed by atoms with van der Waals surface area (Å²) in [6.45, 7) is 5.09. The highest BCUT2D eigenvalue weighted by atomic mass is 35.5. The first-order valence-electron chi connectivity index (χ1n) is 13.8. The molecule has 224 valence electrons. The molecule has 1 aliphatic rings. The lowest BCUT2D eigenvalue weighted by Gasteiger charge is -2.24. The summed E-state index contributed by atoms with van der Waals surface area (Å²) in [7, 11) is 1.69. The second kappa shape index (κ2) is 12.1. The maximum absolute atomic E-state index is 13.5. The minimum atomic E-state index is -1.02. The second-order valence-electron chi connectivity index (χ2n) is 11.7. The Morgan fingerprint density at radius 2 is 1.91 bits per heavy atom. The fraction of sp³-hybridized carbons (Fsp3) is 0.323. The molecule has 4 aromatic rings. The number of aryl methyl sites for hydroxylation is 1. The molecule has 0 spiro atoms. The van der Waals surface area contributed by atoms with Gasteiger partial charge in [0.15, 0.2) is 0 Å². The van der Waals surface area contributed by atoms with Gasteiger partial charge in [-0.15, -0.1) is 5.53 Å². The molecule has 0 bridgehead atoms. The number of halogens is 3. The SMILES string of the molecule is Cn1ccc2c([C@H](Nc3cc(Cl)c4ncc(C#N)c(NCC(C)(C)C)c4c3)C3=CN(C(CF)CF)NN3)cccc2c1=O. The molecule has 1 atom stereocenters. The smallest absolute Gasteiger partial charge is 0.258 e. The zero-order chi connectivity index (χ0) is 30.9. The Hall–Kier alpha value is -4.40. The number of rotatable bonds is 9. The normalized spacial score (nSPS) is 14.1. The number of alkyl halides is 2. The van der Waals surface area contributed by atoms with Gasteiger partial charge in [-0.3, -0.25) is 14.8 Å². The van der Waals surface area contributed by atoms with Gasteiger partial charge < -0.3 is 20.6 Å². The number of pyridine rings is 2. The standard InChI is InChI=1S/C31H33ClF2N8O/c1-31(2,3)17-37-27-18(14-35)15-36-28-24(27)10-19(11-25(28)32)38-29(26-16-42(40-39-26)20(12-33)13-34)22-6-5-7-23-21(22)8-9-41(4)30(23)43/h5-11,15-16,20,29,38-40H,12-13,17H2,1-4H3,(H,36,37)/t29-/m0/s1. The van der Waals surface area contributed by atoms with Crippen LogP contribution in [0, 0.1) is 16.7 Å². The van der Waals surface area contributed by atoms with E-state index in [1.54, 1.807) is 37.6 Å². The highest BCUT2D eigenvalue weighted by Gasteiger charge is 2.28. The molecule has 0 unspecified atom stereocenters. The molecule has 0 aliphatic carbocycles. The van der Waals surface area contributed by atoms with E-state index in [2.05, 4.69) is 53.4 Å². The van der Waals surface area contributed by atoms with Crippen LogP contribution in [-0.2, 0) is 7.05 Å². The zero-order valence-electron chi connectivity index (χ0n) is 24.3. The number of nitriles is 1. The van der Waals surface area contributed by atoms with E-state index >= 15 is 0 Å². The third-order valence-corrected chi connectivity index (χ3v) is 7.57. The number of nitrogens with zero attached hydrogens (tertiary/aromatic N) is 4. The topological polar surface area (TPSA) is 110 Å². The van der Waals surface area contributed by atoms with Crippen LogP contribution in [0.25, 0.3) is 21.7 Å². The number of anilines is 2. The maximum Gasteiger partial charge on any atom is 0.258 e. The van der Waals surface area contributed by atoms with Crippen LogP contribution in [0.1, 0.15) is 37.9 Å². The van der Waals surface area contributed by atoms with Crippen molar-refractivity contribution in [2.75, 3.05) is 30.5 Å². The van der Waals surface area contributed by atoms with Gasteiger partial charge in [0.05, 0.1) is 33.5 Å². The first-order chi connectivity index (χ1) is 20.5. The van der Waals surface area contributed by atoms with E-state index in [4.69, 9.17) is 11.6 Å². The Labute approximate surface area is 253 Å². The van der Waals surface area contributed by atoms with Crippen LogP contribution >= 0.6 is 11.6 Å². The molecule has 0 radical (unpaired) electrons. The van der Waals surface area contributed by atoms with Gasteiger partial charge in [0.1, 0.15) is 25.5 Å². The van der Waals surface area contributed by atoms with E-state index in [9.17, 15) is 18.8 Å². The Morgan fingerprint density at radius 1 is 1.14 bits per heavy atom. The quantitative estimate of drug-likeness (QED) is 0.192. The molecule has 3 heterocycles. The van der Waals surface area contributed by atoms with Crippen molar-refractivity contribution in [2.24, 2.45) is 12.5 Å². The first-order valence-corrected chi connectivity index (χ1v) is 14.2. The molecule has 0 amide bonds. The van der Waals surface area contributed by atoms with Gasteiger partial charge in [-0.2, -0.15) is 5.26 Å². The van der Waals surface area contributed by atoms with Crippen LogP contribution in [0.3, 0.4) is 0 Å². The van der Waals surface area contributed by atoms with Crippen LogP contribution in [-0.4, -0.2) is 40.5 Å². The second-order valence-corrected chi connectivity index (χ2v) is 12.1. The van der Waals surface area contributed by atoms with Crippen LogP contribution in [0.15, 0.2) is 65.5 Å². The average molecular weight is 607 g/mol. The fourth-order valence-corrected chi connectivity index (χ4v) is 5.26. The highest BCUT2D eigenvalue weighted by Crippen LogP contribution is 2.37. The lowest BCUT2D eigenvalue weighted by atomic mass is 9.96. The molecule has 0 fully saturated rings. The van der Waals surface area contributed by atoms with Crippen molar-refractivity contribution in [1.29, 1.82) is 5.26 Å². The predicted molar refractivity (Wildman–Crippen MR) is 167 cm³/mol. The summed E-state index contributed by atoms with van der Waals surface area (Å²) in [5.41, 5.74) is 9.12. The zero-order valence-corrected chi connectivity index (χ0v) is 25.1. The summed E-state index contributed by atoms with van der Waals surface area (Å²) in [5.74, 6) is 0. The summed E-state index contributed by atoms with van der Waals surface area (Å²) < 4.78 is 28.6. The summed E-state index contributed by atoms with van der Waals surface area (Å²) in [6, 6.07) is 11.5. The molecule has 5 rings (SSSR count). The average Bonchev–Trinajstić information content (AvgIpc) is 3.46. The number of fused-ring (bicyclic) bond motifs is 2. The van der Waals surface area contributed by atoms with Crippen molar-refractivity contribution in [2.45, 2.75) is 32.9 Å². The van der Waals surface area contributed by atoms with Crippen molar-refractivity contribution in [3.8, 4) is 6.07 Å². The van der Waals surface area contributed by atoms with Crippen LogP contribution in [0.5, 0.6) is 0 Å². The van der Waals surface area contributed by atoms with E-state index in [1.807, 2.05) is 18.2 Å². The molecule has 43 heavy (non-hydrogen) atoms. The molecule has 12 heteroatoms. The number of nitrogens with one attached hydrogen (secondary N) is 4. The number of hydrogen-bond donors (Lipinski definition) is 4. The van der Waals surface area contributed by atoms with Gasteiger partial charge in [0.2, 0.25) is 0 Å². The van der Waals surface area contributed by atoms with Gasteiger partial charge in [-0.1, -0.05) is 44.5 Å². The molecule has 2 aromatic heterocycles. The molecule has 4 N–H and O–H groups in total. The van der Waals surface area contributed by atoms with Gasteiger partial charge in [-0.05, 0) is 40.6 Å². The molecular formula is C31H33ClF2N8O. The van der Waals surface area contributed by atoms with E-state index in [0.29, 0.717) is 55.9 Å². The van der Waals surface area contributed by atoms with Crippen LogP contribution in [0.2, 0.25) is 5.02 Å². The third-order valence-electron chi connectivity index (χ3n) is 7.29. The number of aromatic nitrogens is 2. The molecular weight excluding hydrogens is 574 g/mol. The number of hydrogen-bond acceptors (Lipinski definition) is 8. The molecule has 2 aromatic carbocycles. The van der Waals surface area contributed by atoms with Gasteiger partial charge in [0, 0.05) is 48.6 Å². The van der Waals surface area contributed by atoms with Gasteiger partial charge in [0.25, 0.3) is 5.56 Å². The monoisotopic (exact) mass is 606 g/mol. The Morgan fingerprint density at radius 3 is 2.60 bits per heavy atom. The van der Waals surface area contributed by atoms with E-state index in [-0.39, 0.29) is 11.0 Å². The minimum Gasteiger partial charge on any atom is -0.383 e. The lowest BCUT2D eigenvalue weighted by Crippen LogP contribution is -2.45. The van der Waals surface area contributed by atoms with E-state index in [0.717, 1.165) is 5.56 Å². The first kappa shape index (κ1) is 30.1. The summed E-state index contributed by atoms with van der Waals surface area (Å²) in [4.78, 5) is 17.4. The third kappa shape index (κ3) is 6.07. The highest BCUT2D eigenvalue weighted by molar-refractivity contribution is 6.35. The van der Waals surface area contributed by atoms with Crippen molar-refractivity contribution in [1.82, 2.24) is 25.5 Å². The molecule has 0 saturated heterocycles.